The Morgan fingerprint density at radius 3 is 3.00 bits per heavy atom. The maximum absolute atomic E-state index is 12.9. The molecule has 28 heavy (non-hydrogen) atoms. The number of aromatic nitrogens is 1. The van der Waals surface area contributed by atoms with Crippen molar-refractivity contribution < 1.29 is 19.4 Å². The van der Waals surface area contributed by atoms with Crippen LogP contribution in [0.15, 0.2) is 42.7 Å². The molecule has 0 aliphatic carbocycles. The highest BCUT2D eigenvalue weighted by Crippen LogP contribution is 2.27. The van der Waals surface area contributed by atoms with Crippen molar-refractivity contribution in [3.05, 3.63) is 48.3 Å². The van der Waals surface area contributed by atoms with Crippen LogP contribution in [-0.4, -0.2) is 52.7 Å². The Morgan fingerprint density at radius 1 is 1.29 bits per heavy atom. The molecule has 4 rings (SSSR count). The lowest BCUT2D eigenvalue weighted by molar-refractivity contribution is -0.121. The Labute approximate surface area is 162 Å². The van der Waals surface area contributed by atoms with Crippen LogP contribution in [0.5, 0.6) is 11.5 Å². The van der Waals surface area contributed by atoms with Gasteiger partial charge in [-0.1, -0.05) is 0 Å². The Kier molecular flexibility index (Phi) is 5.01. The molecule has 1 aromatic heterocycles. The predicted octanol–water partition coefficient (Wildman–Crippen LogP) is 1.89. The van der Waals surface area contributed by atoms with E-state index in [-0.39, 0.29) is 17.7 Å². The van der Waals surface area contributed by atoms with Crippen LogP contribution in [0.1, 0.15) is 18.4 Å². The third-order valence-corrected chi connectivity index (χ3v) is 5.01. The fourth-order valence-electron chi connectivity index (χ4n) is 3.55. The number of rotatable bonds is 2. The summed E-state index contributed by atoms with van der Waals surface area (Å²) in [5, 5.41) is 12.5. The van der Waals surface area contributed by atoms with Crippen LogP contribution < -0.4 is 15.0 Å². The van der Waals surface area contributed by atoms with E-state index in [1.807, 2.05) is 6.07 Å². The van der Waals surface area contributed by atoms with Crippen molar-refractivity contribution in [2.24, 2.45) is 0 Å². The molecule has 3 amide bonds. The highest BCUT2D eigenvalue weighted by atomic mass is 16.5. The number of benzene rings is 1. The van der Waals surface area contributed by atoms with Crippen LogP contribution in [0.2, 0.25) is 0 Å². The number of hydrogen-bond donors (Lipinski definition) is 2. The van der Waals surface area contributed by atoms with Gasteiger partial charge in [0.2, 0.25) is 5.91 Å². The Balaban J connectivity index is 1.44. The zero-order valence-corrected chi connectivity index (χ0v) is 15.4. The summed E-state index contributed by atoms with van der Waals surface area (Å²) in [4.78, 5) is 33.0. The first-order chi connectivity index (χ1) is 13.6. The summed E-state index contributed by atoms with van der Waals surface area (Å²) in [5.41, 5.74) is 1.56. The first kappa shape index (κ1) is 18.1. The average molecular weight is 382 g/mol. The molecule has 3 heterocycles. The lowest BCUT2D eigenvalue weighted by Gasteiger charge is -2.33. The van der Waals surface area contributed by atoms with E-state index in [0.717, 1.165) is 17.7 Å². The molecule has 2 N–H and O–H groups in total. The number of urea groups is 1. The van der Waals surface area contributed by atoms with E-state index < -0.39 is 6.04 Å². The van der Waals surface area contributed by atoms with Crippen molar-refractivity contribution in [2.75, 3.05) is 24.6 Å². The number of phenolic OH excluding ortho intramolecular Hbond substituents is 1. The zero-order chi connectivity index (χ0) is 19.5. The molecule has 146 valence electrons. The predicted molar refractivity (Wildman–Crippen MR) is 102 cm³/mol. The van der Waals surface area contributed by atoms with E-state index in [1.54, 1.807) is 46.5 Å². The summed E-state index contributed by atoms with van der Waals surface area (Å²) in [6, 6.07) is 7.63. The number of carbonyl (C=O) groups is 2. The third-order valence-electron chi connectivity index (χ3n) is 5.01. The van der Waals surface area contributed by atoms with Crippen molar-refractivity contribution in [1.29, 1.82) is 0 Å². The van der Waals surface area contributed by atoms with Gasteiger partial charge in [0, 0.05) is 24.4 Å². The van der Waals surface area contributed by atoms with Gasteiger partial charge in [0.25, 0.3) is 0 Å². The number of pyridine rings is 1. The van der Waals surface area contributed by atoms with Crippen molar-refractivity contribution >= 4 is 17.6 Å². The van der Waals surface area contributed by atoms with Gasteiger partial charge in [0.1, 0.15) is 24.1 Å². The van der Waals surface area contributed by atoms with E-state index in [1.165, 1.54) is 0 Å². The zero-order valence-electron chi connectivity index (χ0n) is 15.4. The van der Waals surface area contributed by atoms with Crippen molar-refractivity contribution in [3.63, 3.8) is 0 Å². The highest BCUT2D eigenvalue weighted by Gasteiger charge is 2.32. The van der Waals surface area contributed by atoms with Crippen LogP contribution in [-0.2, 0) is 11.3 Å². The van der Waals surface area contributed by atoms with E-state index in [2.05, 4.69) is 10.3 Å². The molecular weight excluding hydrogens is 360 g/mol. The molecule has 1 fully saturated rings. The summed E-state index contributed by atoms with van der Waals surface area (Å²) in [7, 11) is 0. The van der Waals surface area contributed by atoms with Crippen LogP contribution in [0, 0.1) is 0 Å². The van der Waals surface area contributed by atoms with Crippen LogP contribution in [0.25, 0.3) is 0 Å². The van der Waals surface area contributed by atoms with Crippen molar-refractivity contribution in [2.45, 2.75) is 25.4 Å². The molecule has 1 unspecified atom stereocenters. The molecule has 0 radical (unpaired) electrons. The van der Waals surface area contributed by atoms with Gasteiger partial charge in [0.05, 0.1) is 25.0 Å². The number of nitrogens with one attached hydrogen (secondary N) is 1. The fourth-order valence-corrected chi connectivity index (χ4v) is 3.55. The summed E-state index contributed by atoms with van der Waals surface area (Å²) in [6.45, 7) is 1.69. The lowest BCUT2D eigenvalue weighted by atomic mass is 10.0. The van der Waals surface area contributed by atoms with Crippen LogP contribution in [0.3, 0.4) is 0 Å². The number of nitrogens with zero attached hydrogens (tertiary/aromatic N) is 3. The number of carbonyl (C=O) groups excluding carboxylic acids is 2. The van der Waals surface area contributed by atoms with Gasteiger partial charge < -0.3 is 25.0 Å². The maximum atomic E-state index is 12.9. The molecule has 0 saturated carbocycles. The molecule has 1 aromatic carbocycles. The first-order valence-corrected chi connectivity index (χ1v) is 9.33. The Bertz CT molecular complexity index is 874. The molecule has 0 spiro atoms. The van der Waals surface area contributed by atoms with Gasteiger partial charge in [-0.15, -0.1) is 0 Å². The smallest absolute Gasteiger partial charge is 0.318 e. The molecule has 2 aliphatic rings. The topological polar surface area (TPSA) is 95.0 Å². The van der Waals surface area contributed by atoms with Gasteiger partial charge in [-0.2, -0.15) is 0 Å². The standard InChI is InChI=1S/C20H22N4O4/c25-16-6-5-14-13-23(9-10-28-18(14)11-16)20(27)22-17-4-2-8-24(19(17)26)15-3-1-7-21-12-15/h1,3,5-7,11-12,17,25H,2,4,8-10,13H2,(H,22,27). The van der Waals surface area contributed by atoms with E-state index in [9.17, 15) is 14.7 Å². The molecule has 0 bridgehead atoms. The maximum Gasteiger partial charge on any atom is 0.318 e. The number of anilines is 1. The summed E-state index contributed by atoms with van der Waals surface area (Å²) < 4.78 is 5.63. The van der Waals surface area contributed by atoms with E-state index in [0.29, 0.717) is 38.4 Å². The van der Waals surface area contributed by atoms with Gasteiger partial charge >= 0.3 is 6.03 Å². The number of fused-ring (bicyclic) bond motifs is 1. The normalized spacial score (nSPS) is 19.4. The molecule has 8 nitrogen and oxygen atoms in total. The second-order valence-electron chi connectivity index (χ2n) is 6.91. The van der Waals surface area contributed by atoms with Crippen LogP contribution in [0.4, 0.5) is 10.5 Å². The number of hydrogen-bond acceptors (Lipinski definition) is 5. The molecule has 1 saturated heterocycles. The van der Waals surface area contributed by atoms with Gasteiger partial charge in [-0.05, 0) is 37.1 Å². The number of aromatic hydroxyl groups is 1. The number of phenols is 1. The first-order valence-electron chi connectivity index (χ1n) is 9.33. The molecule has 2 aliphatic heterocycles. The summed E-state index contributed by atoms with van der Waals surface area (Å²) in [5.74, 6) is 0.579. The van der Waals surface area contributed by atoms with E-state index in [4.69, 9.17) is 4.74 Å². The lowest BCUT2D eigenvalue weighted by Crippen LogP contribution is -2.55. The minimum Gasteiger partial charge on any atom is -0.508 e. The monoisotopic (exact) mass is 382 g/mol. The van der Waals surface area contributed by atoms with E-state index >= 15 is 0 Å². The molecular formula is C20H22N4O4. The molecule has 8 heteroatoms. The fraction of sp³-hybridized carbons (Fsp3) is 0.350. The Morgan fingerprint density at radius 2 is 2.18 bits per heavy atom. The number of ether oxygens (including phenoxy) is 1. The van der Waals surface area contributed by atoms with Gasteiger partial charge in [-0.3, -0.25) is 9.78 Å². The second kappa shape index (κ2) is 7.75. The number of amides is 3. The Hall–Kier alpha value is -3.29. The molecule has 2 aromatic rings. The number of piperidine rings is 1. The van der Waals surface area contributed by atoms with Gasteiger partial charge in [-0.25, -0.2) is 4.79 Å². The highest BCUT2D eigenvalue weighted by molar-refractivity contribution is 5.99. The summed E-state index contributed by atoms with van der Waals surface area (Å²) in [6.07, 6.45) is 4.73. The third kappa shape index (κ3) is 3.71. The van der Waals surface area contributed by atoms with Crippen molar-refractivity contribution in [3.8, 4) is 11.5 Å². The SMILES string of the molecule is O=C(NC1CCCN(c2cccnc2)C1=O)N1CCOc2cc(O)ccc2C1. The van der Waals surface area contributed by atoms with Crippen LogP contribution >= 0.6 is 0 Å². The second-order valence-corrected chi connectivity index (χ2v) is 6.91. The van der Waals surface area contributed by atoms with Gasteiger partial charge in [0.15, 0.2) is 0 Å². The van der Waals surface area contributed by atoms with Crippen molar-refractivity contribution in [1.82, 2.24) is 15.2 Å². The average Bonchev–Trinajstić information content (AvgIpc) is 2.92. The quantitative estimate of drug-likeness (QED) is 0.827. The minimum absolute atomic E-state index is 0.121. The largest absolute Gasteiger partial charge is 0.508 e. The summed E-state index contributed by atoms with van der Waals surface area (Å²) >= 11 is 0. The molecule has 1 atom stereocenters. The minimum atomic E-state index is -0.565.